The van der Waals surface area contributed by atoms with Gasteiger partial charge in [-0.1, -0.05) is 38.8 Å². The van der Waals surface area contributed by atoms with Gasteiger partial charge in [-0.25, -0.2) is 0 Å². The Balaban J connectivity index is 2.02. The van der Waals surface area contributed by atoms with Crippen LogP contribution in [0.25, 0.3) is 22.8 Å². The van der Waals surface area contributed by atoms with Crippen molar-refractivity contribution in [3.05, 3.63) is 52.0 Å². The van der Waals surface area contributed by atoms with Gasteiger partial charge in [-0.05, 0) is 36.4 Å². The Hall–Kier alpha value is -1.85. The van der Waals surface area contributed by atoms with Gasteiger partial charge < -0.3 is 10.3 Å². The monoisotopic (exact) mass is 349 g/mol. The summed E-state index contributed by atoms with van der Waals surface area (Å²) in [6.45, 7) is 0. The number of aromatic nitrogens is 2. The van der Waals surface area contributed by atoms with Gasteiger partial charge in [0, 0.05) is 10.0 Å². The van der Waals surface area contributed by atoms with E-state index in [2.05, 4.69) is 26.1 Å². The quantitative estimate of drug-likeness (QED) is 0.696. The minimum absolute atomic E-state index is 0.350. The molecule has 0 amide bonds. The number of nitrogens with zero attached hydrogens (tertiary/aromatic N) is 2. The second-order valence-electron chi connectivity index (χ2n) is 4.13. The van der Waals surface area contributed by atoms with Gasteiger partial charge in [-0.2, -0.15) is 4.98 Å². The summed E-state index contributed by atoms with van der Waals surface area (Å²) in [6.07, 6.45) is 0. The topological polar surface area (TPSA) is 64.9 Å². The molecule has 0 aliphatic carbocycles. The first-order valence-corrected chi connectivity index (χ1v) is 6.96. The predicted octanol–water partition coefficient (Wildman–Crippen LogP) is 4.40. The fourth-order valence-corrected chi connectivity index (χ4v) is 2.21. The van der Waals surface area contributed by atoms with E-state index in [0.29, 0.717) is 28.0 Å². The van der Waals surface area contributed by atoms with Crippen molar-refractivity contribution in [3.8, 4) is 22.8 Å². The Labute approximate surface area is 128 Å². The zero-order valence-corrected chi connectivity index (χ0v) is 12.5. The molecule has 2 N–H and O–H groups in total. The SMILES string of the molecule is Nc1c(Cl)cccc1-c1nc(-c2ccc(Br)cc2)no1. The molecule has 3 aromatic rings. The van der Waals surface area contributed by atoms with Gasteiger partial charge in [-0.3, -0.25) is 0 Å². The number of benzene rings is 2. The molecule has 0 atom stereocenters. The van der Waals surface area contributed by atoms with E-state index in [1.165, 1.54) is 0 Å². The number of nitrogens with two attached hydrogens (primary N) is 1. The van der Waals surface area contributed by atoms with Crippen LogP contribution in [0.2, 0.25) is 5.02 Å². The molecule has 3 rings (SSSR count). The smallest absolute Gasteiger partial charge is 0.260 e. The number of anilines is 1. The lowest BCUT2D eigenvalue weighted by Crippen LogP contribution is -1.91. The van der Waals surface area contributed by atoms with Crippen LogP contribution in [0.3, 0.4) is 0 Å². The van der Waals surface area contributed by atoms with E-state index >= 15 is 0 Å². The molecule has 1 heterocycles. The molecule has 20 heavy (non-hydrogen) atoms. The highest BCUT2D eigenvalue weighted by Gasteiger charge is 2.14. The molecular formula is C14H9BrClN3O. The maximum Gasteiger partial charge on any atom is 0.260 e. The number of hydrogen-bond donors (Lipinski definition) is 1. The largest absolute Gasteiger partial charge is 0.397 e. The fourth-order valence-electron chi connectivity index (χ4n) is 1.77. The highest BCUT2D eigenvalue weighted by Crippen LogP contribution is 2.31. The first-order chi connectivity index (χ1) is 9.65. The predicted molar refractivity (Wildman–Crippen MR) is 82.3 cm³/mol. The summed E-state index contributed by atoms with van der Waals surface area (Å²) in [7, 11) is 0. The van der Waals surface area contributed by atoms with Crippen molar-refractivity contribution in [2.45, 2.75) is 0 Å². The molecule has 6 heteroatoms. The van der Waals surface area contributed by atoms with Crippen LogP contribution in [0.1, 0.15) is 0 Å². The Morgan fingerprint density at radius 1 is 1.10 bits per heavy atom. The Morgan fingerprint density at radius 2 is 1.85 bits per heavy atom. The van der Waals surface area contributed by atoms with Crippen molar-refractivity contribution >= 4 is 33.2 Å². The normalized spacial score (nSPS) is 10.7. The van der Waals surface area contributed by atoms with E-state index < -0.39 is 0 Å². The molecule has 0 spiro atoms. The van der Waals surface area contributed by atoms with E-state index in [9.17, 15) is 0 Å². The van der Waals surface area contributed by atoms with Gasteiger partial charge in [0.05, 0.1) is 16.3 Å². The number of hydrogen-bond acceptors (Lipinski definition) is 4. The van der Waals surface area contributed by atoms with Crippen LogP contribution in [-0.2, 0) is 0 Å². The lowest BCUT2D eigenvalue weighted by molar-refractivity contribution is 0.432. The van der Waals surface area contributed by atoms with Crippen LogP contribution in [0.5, 0.6) is 0 Å². The van der Waals surface area contributed by atoms with E-state index in [1.807, 2.05) is 24.3 Å². The molecule has 0 aliphatic rings. The van der Waals surface area contributed by atoms with Gasteiger partial charge in [0.2, 0.25) is 5.82 Å². The van der Waals surface area contributed by atoms with Crippen molar-refractivity contribution in [1.29, 1.82) is 0 Å². The first-order valence-electron chi connectivity index (χ1n) is 5.79. The van der Waals surface area contributed by atoms with Crippen molar-refractivity contribution < 1.29 is 4.52 Å². The van der Waals surface area contributed by atoms with Crippen LogP contribution in [0, 0.1) is 0 Å². The lowest BCUT2D eigenvalue weighted by Gasteiger charge is -2.01. The average molecular weight is 351 g/mol. The van der Waals surface area contributed by atoms with Crippen molar-refractivity contribution in [2.24, 2.45) is 0 Å². The molecule has 0 aliphatic heterocycles. The standard InChI is InChI=1S/C14H9BrClN3O/c15-9-6-4-8(5-7-9)13-18-14(20-19-13)10-2-1-3-11(16)12(10)17/h1-7H,17H2. The zero-order valence-electron chi connectivity index (χ0n) is 10.2. The van der Waals surface area contributed by atoms with Crippen molar-refractivity contribution in [2.75, 3.05) is 5.73 Å². The van der Waals surface area contributed by atoms with Crippen LogP contribution in [-0.4, -0.2) is 10.1 Å². The van der Waals surface area contributed by atoms with Crippen LogP contribution in [0.15, 0.2) is 51.5 Å². The van der Waals surface area contributed by atoms with Crippen LogP contribution in [0.4, 0.5) is 5.69 Å². The number of para-hydroxylation sites is 1. The Bertz CT molecular complexity index is 755. The van der Waals surface area contributed by atoms with Crippen LogP contribution < -0.4 is 5.73 Å². The number of rotatable bonds is 2. The van der Waals surface area contributed by atoms with Gasteiger partial charge >= 0.3 is 0 Å². The number of nitrogen functional groups attached to an aromatic ring is 1. The van der Waals surface area contributed by atoms with E-state index in [1.54, 1.807) is 18.2 Å². The average Bonchev–Trinajstić information content (AvgIpc) is 2.92. The molecule has 0 unspecified atom stereocenters. The second kappa shape index (κ2) is 5.26. The van der Waals surface area contributed by atoms with E-state index in [4.69, 9.17) is 21.9 Å². The second-order valence-corrected chi connectivity index (χ2v) is 5.45. The molecule has 100 valence electrons. The lowest BCUT2D eigenvalue weighted by atomic mass is 10.2. The minimum atomic E-state index is 0.350. The molecule has 0 saturated heterocycles. The molecule has 2 aromatic carbocycles. The molecule has 0 radical (unpaired) electrons. The maximum atomic E-state index is 5.98. The Morgan fingerprint density at radius 3 is 2.60 bits per heavy atom. The van der Waals surface area contributed by atoms with Crippen LogP contribution >= 0.6 is 27.5 Å². The van der Waals surface area contributed by atoms with Crippen molar-refractivity contribution in [3.63, 3.8) is 0 Å². The summed E-state index contributed by atoms with van der Waals surface area (Å²) in [5.41, 5.74) is 7.84. The van der Waals surface area contributed by atoms with Crippen molar-refractivity contribution in [1.82, 2.24) is 10.1 Å². The fraction of sp³-hybridized carbons (Fsp3) is 0. The molecule has 4 nitrogen and oxygen atoms in total. The number of halogens is 2. The summed E-state index contributed by atoms with van der Waals surface area (Å²) < 4.78 is 6.25. The third-order valence-electron chi connectivity index (χ3n) is 2.81. The third kappa shape index (κ3) is 2.42. The van der Waals surface area contributed by atoms with Gasteiger partial charge in [0.1, 0.15) is 0 Å². The molecule has 0 bridgehead atoms. The summed E-state index contributed by atoms with van der Waals surface area (Å²) in [5.74, 6) is 0.856. The molecule has 0 fully saturated rings. The minimum Gasteiger partial charge on any atom is -0.397 e. The first kappa shape index (κ1) is 13.1. The maximum absolute atomic E-state index is 5.98. The van der Waals surface area contributed by atoms with E-state index in [-0.39, 0.29) is 0 Å². The third-order valence-corrected chi connectivity index (χ3v) is 3.67. The molecule has 1 aromatic heterocycles. The van der Waals surface area contributed by atoms with Gasteiger partial charge in [0.15, 0.2) is 0 Å². The van der Waals surface area contributed by atoms with Gasteiger partial charge in [0.25, 0.3) is 5.89 Å². The summed E-state index contributed by atoms with van der Waals surface area (Å²) in [4.78, 5) is 4.35. The highest BCUT2D eigenvalue weighted by molar-refractivity contribution is 9.10. The molecule has 0 saturated carbocycles. The Kier molecular flexibility index (Phi) is 3.46. The summed E-state index contributed by atoms with van der Waals surface area (Å²) >= 11 is 9.37. The summed E-state index contributed by atoms with van der Waals surface area (Å²) in [6, 6.07) is 12.9. The highest BCUT2D eigenvalue weighted by atomic mass is 79.9. The van der Waals surface area contributed by atoms with Gasteiger partial charge in [-0.15, -0.1) is 0 Å². The zero-order chi connectivity index (χ0) is 14.1. The summed E-state index contributed by atoms with van der Waals surface area (Å²) in [5, 5.41) is 4.43. The molecular weight excluding hydrogens is 342 g/mol. The van der Waals surface area contributed by atoms with E-state index in [0.717, 1.165) is 10.0 Å².